The van der Waals surface area contributed by atoms with E-state index in [2.05, 4.69) is 9.69 Å². The number of hydrogen-bond donors (Lipinski definition) is 2. The van der Waals surface area contributed by atoms with Gasteiger partial charge in [0.15, 0.2) is 5.82 Å². The van der Waals surface area contributed by atoms with Crippen LogP contribution in [0.2, 0.25) is 0 Å². The van der Waals surface area contributed by atoms with E-state index in [-0.39, 0.29) is 5.78 Å². The van der Waals surface area contributed by atoms with Gasteiger partial charge in [-0.1, -0.05) is 18.2 Å². The number of nitrogen functional groups attached to an aromatic ring is 1. The van der Waals surface area contributed by atoms with Gasteiger partial charge in [0.05, 0.1) is 12.8 Å². The molecule has 0 aliphatic heterocycles. The second kappa shape index (κ2) is 6.50. The molecule has 1 aromatic heterocycles. The number of anilines is 3. The van der Waals surface area contributed by atoms with Gasteiger partial charge in [-0.25, -0.2) is 0 Å². The van der Waals surface area contributed by atoms with E-state index >= 15 is 0 Å². The van der Waals surface area contributed by atoms with Crippen LogP contribution in [0.25, 0.3) is 0 Å². The molecule has 3 N–H and O–H groups in total. The predicted molar refractivity (Wildman–Crippen MR) is 92.7 cm³/mol. The Labute approximate surface area is 137 Å². The number of methoxy groups -OCH3 is 1. The third-order valence-corrected chi connectivity index (χ3v) is 4.18. The monoisotopic (exact) mass is 325 g/mol. The Morgan fingerprint density at radius 3 is 2.48 bits per heavy atom. The summed E-state index contributed by atoms with van der Waals surface area (Å²) in [5, 5.41) is 3.12. The average molecular weight is 325 g/mol. The van der Waals surface area contributed by atoms with Crippen molar-refractivity contribution in [3.05, 3.63) is 65.0 Å². The lowest BCUT2D eigenvalue weighted by Gasteiger charge is -2.04. The summed E-state index contributed by atoms with van der Waals surface area (Å²) in [4.78, 5) is 13.0. The van der Waals surface area contributed by atoms with Gasteiger partial charge in [0, 0.05) is 11.3 Å². The third kappa shape index (κ3) is 3.17. The number of carbonyl (C=O) groups excluding carboxylic acids is 1. The fraction of sp³-hybridized carbons (Fsp3) is 0.0588. The van der Waals surface area contributed by atoms with Crippen LogP contribution in [0.3, 0.4) is 0 Å². The Bertz CT molecular complexity index is 814. The number of rotatable bonds is 5. The van der Waals surface area contributed by atoms with Crippen LogP contribution >= 0.6 is 11.5 Å². The number of hydrogen-bond acceptors (Lipinski definition) is 6. The van der Waals surface area contributed by atoms with Crippen LogP contribution in [0.15, 0.2) is 54.6 Å². The number of nitrogens with zero attached hydrogens (tertiary/aromatic N) is 1. The van der Waals surface area contributed by atoms with Gasteiger partial charge < -0.3 is 15.8 Å². The first-order valence-electron chi connectivity index (χ1n) is 6.95. The van der Waals surface area contributed by atoms with Crippen molar-refractivity contribution in [2.75, 3.05) is 18.2 Å². The van der Waals surface area contributed by atoms with Crippen LogP contribution in [0.5, 0.6) is 5.75 Å². The standard InChI is InChI=1S/C17H15N3O2S/c1-22-13-9-7-11(8-10-13)15(21)16-14(18)17(20-23-16)19-12-5-3-2-4-6-12/h2-10H,18H2,1H3,(H,19,20). The maximum Gasteiger partial charge on any atom is 0.206 e. The summed E-state index contributed by atoms with van der Waals surface area (Å²) in [6.07, 6.45) is 0. The first-order chi connectivity index (χ1) is 11.2. The zero-order chi connectivity index (χ0) is 16.2. The molecule has 0 bridgehead atoms. The Morgan fingerprint density at radius 1 is 1.13 bits per heavy atom. The molecule has 1 heterocycles. The Morgan fingerprint density at radius 2 is 1.83 bits per heavy atom. The Hall–Kier alpha value is -2.86. The molecule has 23 heavy (non-hydrogen) atoms. The minimum atomic E-state index is -0.149. The van der Waals surface area contributed by atoms with Crippen molar-refractivity contribution in [1.29, 1.82) is 0 Å². The Kier molecular flexibility index (Phi) is 4.25. The number of aromatic nitrogens is 1. The lowest BCUT2D eigenvalue weighted by molar-refractivity contribution is 0.104. The molecule has 0 fully saturated rings. The highest BCUT2D eigenvalue weighted by Gasteiger charge is 2.19. The summed E-state index contributed by atoms with van der Waals surface area (Å²) < 4.78 is 9.34. The molecule has 116 valence electrons. The second-order valence-corrected chi connectivity index (χ2v) is 5.60. The molecule has 0 unspecified atom stereocenters. The van der Waals surface area contributed by atoms with Crippen molar-refractivity contribution in [2.24, 2.45) is 0 Å². The van der Waals surface area contributed by atoms with Gasteiger partial charge in [-0.2, -0.15) is 4.37 Å². The van der Waals surface area contributed by atoms with Gasteiger partial charge in [-0.05, 0) is 47.9 Å². The van der Waals surface area contributed by atoms with Crippen molar-refractivity contribution in [2.45, 2.75) is 0 Å². The summed E-state index contributed by atoms with van der Waals surface area (Å²) >= 11 is 1.09. The number of nitrogens with one attached hydrogen (secondary N) is 1. The molecule has 0 aliphatic rings. The number of ketones is 1. The number of nitrogens with two attached hydrogens (primary N) is 1. The topological polar surface area (TPSA) is 77.2 Å². The number of ether oxygens (including phenoxy) is 1. The van der Waals surface area contributed by atoms with Crippen molar-refractivity contribution >= 4 is 34.5 Å². The summed E-state index contributed by atoms with van der Waals surface area (Å²) in [5.74, 6) is 1.05. The summed E-state index contributed by atoms with van der Waals surface area (Å²) in [6, 6.07) is 16.5. The lowest BCUT2D eigenvalue weighted by atomic mass is 10.1. The minimum absolute atomic E-state index is 0.149. The van der Waals surface area contributed by atoms with Gasteiger partial charge in [0.1, 0.15) is 10.6 Å². The predicted octanol–water partition coefficient (Wildman–Crippen LogP) is 3.71. The van der Waals surface area contributed by atoms with Crippen LogP contribution in [0, 0.1) is 0 Å². The van der Waals surface area contributed by atoms with Crippen molar-refractivity contribution in [3.63, 3.8) is 0 Å². The molecule has 3 aromatic rings. The molecular weight excluding hydrogens is 310 g/mol. The van der Waals surface area contributed by atoms with Crippen LogP contribution in [-0.4, -0.2) is 17.3 Å². The average Bonchev–Trinajstić information content (AvgIpc) is 2.96. The lowest BCUT2D eigenvalue weighted by Crippen LogP contribution is -2.03. The smallest absolute Gasteiger partial charge is 0.206 e. The zero-order valence-electron chi connectivity index (χ0n) is 12.4. The fourth-order valence-corrected chi connectivity index (χ4v) is 2.81. The molecule has 6 heteroatoms. The van der Waals surface area contributed by atoms with E-state index in [1.165, 1.54) is 0 Å². The van der Waals surface area contributed by atoms with Gasteiger partial charge in [0.25, 0.3) is 0 Å². The van der Waals surface area contributed by atoms with Gasteiger partial charge in [-0.3, -0.25) is 4.79 Å². The molecular formula is C17H15N3O2S. The third-order valence-electron chi connectivity index (χ3n) is 3.32. The van der Waals surface area contributed by atoms with Crippen molar-refractivity contribution in [3.8, 4) is 5.75 Å². The fourth-order valence-electron chi connectivity index (χ4n) is 2.08. The highest BCUT2D eigenvalue weighted by atomic mass is 32.1. The normalized spacial score (nSPS) is 10.3. The minimum Gasteiger partial charge on any atom is -0.497 e. The van der Waals surface area contributed by atoms with E-state index in [0.29, 0.717) is 27.7 Å². The molecule has 2 aromatic carbocycles. The maximum atomic E-state index is 12.6. The highest BCUT2D eigenvalue weighted by Crippen LogP contribution is 2.30. The molecule has 5 nitrogen and oxygen atoms in total. The van der Waals surface area contributed by atoms with Gasteiger partial charge >= 0.3 is 0 Å². The van der Waals surface area contributed by atoms with E-state index in [1.54, 1.807) is 31.4 Å². The molecule has 0 aliphatic carbocycles. The number of para-hydroxylation sites is 1. The number of benzene rings is 2. The van der Waals surface area contributed by atoms with Crippen LogP contribution in [-0.2, 0) is 0 Å². The van der Waals surface area contributed by atoms with E-state index < -0.39 is 0 Å². The SMILES string of the molecule is COc1ccc(C(=O)c2snc(Nc3ccccc3)c2N)cc1. The van der Waals surface area contributed by atoms with E-state index in [9.17, 15) is 4.79 Å². The molecule has 3 rings (SSSR count). The Balaban J connectivity index is 1.84. The molecule has 0 saturated heterocycles. The molecule has 0 saturated carbocycles. The van der Waals surface area contributed by atoms with Crippen molar-refractivity contribution in [1.82, 2.24) is 4.37 Å². The van der Waals surface area contributed by atoms with Gasteiger partial charge in [0.2, 0.25) is 5.78 Å². The largest absolute Gasteiger partial charge is 0.497 e. The van der Waals surface area contributed by atoms with Crippen LogP contribution in [0.4, 0.5) is 17.2 Å². The van der Waals surface area contributed by atoms with Gasteiger partial charge in [-0.15, -0.1) is 0 Å². The zero-order valence-corrected chi connectivity index (χ0v) is 13.3. The van der Waals surface area contributed by atoms with E-state index in [0.717, 1.165) is 17.2 Å². The molecule has 0 amide bonds. The summed E-state index contributed by atoms with van der Waals surface area (Å²) in [5.41, 5.74) is 7.86. The first-order valence-corrected chi connectivity index (χ1v) is 7.72. The molecule has 0 atom stereocenters. The van der Waals surface area contributed by atoms with Crippen molar-refractivity contribution < 1.29 is 9.53 Å². The summed E-state index contributed by atoms with van der Waals surface area (Å²) in [7, 11) is 1.58. The quantitative estimate of drug-likeness (QED) is 0.699. The maximum absolute atomic E-state index is 12.6. The first kappa shape index (κ1) is 15.1. The van der Waals surface area contributed by atoms with Crippen LogP contribution < -0.4 is 15.8 Å². The summed E-state index contributed by atoms with van der Waals surface area (Å²) in [6.45, 7) is 0. The molecule has 0 spiro atoms. The molecule has 0 radical (unpaired) electrons. The second-order valence-electron chi connectivity index (χ2n) is 4.82. The van der Waals surface area contributed by atoms with Crippen LogP contribution in [0.1, 0.15) is 15.2 Å². The van der Waals surface area contributed by atoms with E-state index in [1.807, 2.05) is 30.3 Å². The number of carbonyl (C=O) groups is 1. The highest BCUT2D eigenvalue weighted by molar-refractivity contribution is 7.09. The van der Waals surface area contributed by atoms with E-state index in [4.69, 9.17) is 10.5 Å².